The Morgan fingerprint density at radius 2 is 2.00 bits per heavy atom. The molecule has 0 unspecified atom stereocenters. The first-order valence-electron chi connectivity index (χ1n) is 4.82. The van der Waals surface area contributed by atoms with Gasteiger partial charge in [-0.15, -0.1) is 0 Å². The second-order valence-electron chi connectivity index (χ2n) is 3.29. The molecular formula is C10H17N3O. The van der Waals surface area contributed by atoms with E-state index in [1.54, 1.807) is 0 Å². The van der Waals surface area contributed by atoms with Crippen molar-refractivity contribution in [2.24, 2.45) is 0 Å². The summed E-state index contributed by atoms with van der Waals surface area (Å²) in [5.41, 5.74) is 7.59. The third-order valence-corrected chi connectivity index (χ3v) is 2.05. The predicted molar refractivity (Wildman–Crippen MR) is 55.9 cm³/mol. The number of nitrogens with zero attached hydrogens (tertiary/aromatic N) is 2. The fourth-order valence-corrected chi connectivity index (χ4v) is 1.08. The van der Waals surface area contributed by atoms with Crippen molar-refractivity contribution in [2.75, 3.05) is 12.3 Å². The van der Waals surface area contributed by atoms with Gasteiger partial charge in [0.15, 0.2) is 5.82 Å². The minimum atomic E-state index is 0.444. The van der Waals surface area contributed by atoms with Crippen molar-refractivity contribution in [3.05, 3.63) is 17.1 Å². The maximum atomic E-state index is 5.72. The molecule has 0 bridgehead atoms. The van der Waals surface area contributed by atoms with Gasteiger partial charge in [-0.25, -0.2) is 9.97 Å². The van der Waals surface area contributed by atoms with Crippen LogP contribution < -0.4 is 5.73 Å². The molecule has 0 radical (unpaired) electrons. The first kappa shape index (κ1) is 10.9. The first-order valence-corrected chi connectivity index (χ1v) is 4.82. The van der Waals surface area contributed by atoms with Crippen molar-refractivity contribution in [3.8, 4) is 0 Å². The molecule has 0 atom stereocenters. The van der Waals surface area contributed by atoms with Crippen LogP contribution in [0.25, 0.3) is 0 Å². The maximum absolute atomic E-state index is 5.72. The maximum Gasteiger partial charge on any atom is 0.156 e. The summed E-state index contributed by atoms with van der Waals surface area (Å²) in [7, 11) is 0. The van der Waals surface area contributed by atoms with Crippen molar-refractivity contribution in [1.29, 1.82) is 0 Å². The summed E-state index contributed by atoms with van der Waals surface area (Å²) in [5.74, 6) is 1.21. The summed E-state index contributed by atoms with van der Waals surface area (Å²) in [4.78, 5) is 8.44. The number of aryl methyl sites for hydroxylation is 1. The summed E-state index contributed by atoms with van der Waals surface area (Å²) in [5, 5.41) is 0. The number of ether oxygens (including phenoxy) is 1. The van der Waals surface area contributed by atoms with Crippen LogP contribution in [0.5, 0.6) is 0 Å². The number of nitrogen functional groups attached to an aromatic ring is 1. The van der Waals surface area contributed by atoms with Crippen molar-refractivity contribution < 1.29 is 4.74 Å². The number of hydrogen-bond acceptors (Lipinski definition) is 4. The lowest BCUT2D eigenvalue weighted by Crippen LogP contribution is -2.06. The number of rotatable bonds is 4. The third kappa shape index (κ3) is 2.67. The van der Waals surface area contributed by atoms with Gasteiger partial charge in [-0.1, -0.05) is 6.92 Å². The normalized spacial score (nSPS) is 10.5. The zero-order valence-electron chi connectivity index (χ0n) is 9.00. The summed E-state index contributed by atoms with van der Waals surface area (Å²) in [6.45, 7) is 7.09. The Morgan fingerprint density at radius 3 is 2.57 bits per heavy atom. The largest absolute Gasteiger partial charge is 0.383 e. The fourth-order valence-electron chi connectivity index (χ4n) is 1.08. The van der Waals surface area contributed by atoms with E-state index in [9.17, 15) is 0 Å². The zero-order chi connectivity index (χ0) is 10.6. The molecule has 2 N–H and O–H groups in total. The molecular weight excluding hydrogens is 178 g/mol. The van der Waals surface area contributed by atoms with Crippen LogP contribution in [-0.2, 0) is 11.3 Å². The molecule has 1 aromatic heterocycles. The molecule has 4 nitrogen and oxygen atoms in total. The Bertz CT molecular complexity index is 289. The van der Waals surface area contributed by atoms with Crippen molar-refractivity contribution in [1.82, 2.24) is 9.97 Å². The van der Waals surface area contributed by atoms with Crippen LogP contribution in [0.2, 0.25) is 0 Å². The SMILES string of the molecule is CCCOCc1nc(C)c(C)c(N)n1. The van der Waals surface area contributed by atoms with Crippen molar-refractivity contribution in [3.63, 3.8) is 0 Å². The number of anilines is 1. The van der Waals surface area contributed by atoms with Crippen LogP contribution in [0.1, 0.15) is 30.4 Å². The molecule has 1 heterocycles. The van der Waals surface area contributed by atoms with Crippen LogP contribution in [-0.4, -0.2) is 16.6 Å². The van der Waals surface area contributed by atoms with Gasteiger partial charge in [0.1, 0.15) is 12.4 Å². The topological polar surface area (TPSA) is 61.0 Å². The quantitative estimate of drug-likeness (QED) is 0.741. The standard InChI is InChI=1S/C10H17N3O/c1-4-5-14-6-9-12-8(3)7(2)10(11)13-9/h4-6H2,1-3H3,(H2,11,12,13). The van der Waals surface area contributed by atoms with E-state index in [0.29, 0.717) is 18.2 Å². The molecule has 1 rings (SSSR count). The van der Waals surface area contributed by atoms with Gasteiger partial charge >= 0.3 is 0 Å². The first-order chi connectivity index (χ1) is 6.65. The van der Waals surface area contributed by atoms with Crippen LogP contribution in [0.15, 0.2) is 0 Å². The minimum Gasteiger partial charge on any atom is -0.383 e. The van der Waals surface area contributed by atoms with E-state index < -0.39 is 0 Å². The van der Waals surface area contributed by atoms with E-state index in [2.05, 4.69) is 16.9 Å². The molecule has 4 heteroatoms. The second-order valence-corrected chi connectivity index (χ2v) is 3.29. The molecule has 0 aliphatic heterocycles. The average Bonchev–Trinajstić information content (AvgIpc) is 2.14. The van der Waals surface area contributed by atoms with Crippen molar-refractivity contribution >= 4 is 5.82 Å². The van der Waals surface area contributed by atoms with Gasteiger partial charge in [0, 0.05) is 17.9 Å². The molecule has 0 fully saturated rings. The number of hydrogen-bond donors (Lipinski definition) is 1. The molecule has 78 valence electrons. The summed E-state index contributed by atoms with van der Waals surface area (Å²) >= 11 is 0. The van der Waals surface area contributed by atoms with Gasteiger partial charge < -0.3 is 10.5 Å². The van der Waals surface area contributed by atoms with E-state index in [0.717, 1.165) is 24.3 Å². The smallest absolute Gasteiger partial charge is 0.156 e. The molecule has 0 saturated carbocycles. The number of aromatic nitrogens is 2. The highest BCUT2D eigenvalue weighted by atomic mass is 16.5. The molecule has 0 saturated heterocycles. The number of nitrogens with two attached hydrogens (primary N) is 1. The Labute approximate surface area is 84.5 Å². The molecule has 0 aliphatic carbocycles. The van der Waals surface area contributed by atoms with Gasteiger partial charge in [-0.2, -0.15) is 0 Å². The molecule has 0 amide bonds. The zero-order valence-corrected chi connectivity index (χ0v) is 9.00. The lowest BCUT2D eigenvalue weighted by molar-refractivity contribution is 0.116. The van der Waals surface area contributed by atoms with E-state index in [4.69, 9.17) is 10.5 Å². The fraction of sp³-hybridized carbons (Fsp3) is 0.600. The molecule has 0 spiro atoms. The Kier molecular flexibility index (Phi) is 3.83. The van der Waals surface area contributed by atoms with E-state index in [-0.39, 0.29) is 0 Å². The van der Waals surface area contributed by atoms with E-state index >= 15 is 0 Å². The van der Waals surface area contributed by atoms with Gasteiger partial charge in [0.05, 0.1) is 0 Å². The lowest BCUT2D eigenvalue weighted by Gasteiger charge is -2.06. The predicted octanol–water partition coefficient (Wildman–Crippen LogP) is 1.60. The van der Waals surface area contributed by atoms with E-state index in [1.807, 2.05) is 13.8 Å². The van der Waals surface area contributed by atoms with Gasteiger partial charge in [-0.3, -0.25) is 0 Å². The summed E-state index contributed by atoms with van der Waals surface area (Å²) in [6.07, 6.45) is 1.00. The van der Waals surface area contributed by atoms with Crippen LogP contribution in [0, 0.1) is 13.8 Å². The summed E-state index contributed by atoms with van der Waals surface area (Å²) in [6, 6.07) is 0. The monoisotopic (exact) mass is 195 g/mol. The molecule has 0 aromatic carbocycles. The molecule has 1 aromatic rings. The van der Waals surface area contributed by atoms with E-state index in [1.165, 1.54) is 0 Å². The van der Waals surface area contributed by atoms with Crippen LogP contribution >= 0.6 is 0 Å². The average molecular weight is 195 g/mol. The Hall–Kier alpha value is -1.16. The van der Waals surface area contributed by atoms with Crippen LogP contribution in [0.4, 0.5) is 5.82 Å². The third-order valence-electron chi connectivity index (χ3n) is 2.05. The highest BCUT2D eigenvalue weighted by molar-refractivity contribution is 5.40. The molecule has 14 heavy (non-hydrogen) atoms. The van der Waals surface area contributed by atoms with Gasteiger partial charge in [0.2, 0.25) is 0 Å². The Morgan fingerprint density at radius 1 is 1.29 bits per heavy atom. The minimum absolute atomic E-state index is 0.444. The second kappa shape index (κ2) is 4.91. The Balaban J connectivity index is 2.69. The van der Waals surface area contributed by atoms with Crippen LogP contribution in [0.3, 0.4) is 0 Å². The van der Waals surface area contributed by atoms with Gasteiger partial charge in [-0.05, 0) is 20.3 Å². The van der Waals surface area contributed by atoms with Gasteiger partial charge in [0.25, 0.3) is 0 Å². The highest BCUT2D eigenvalue weighted by Crippen LogP contribution is 2.11. The lowest BCUT2D eigenvalue weighted by atomic mass is 10.2. The summed E-state index contributed by atoms with van der Waals surface area (Å²) < 4.78 is 5.34. The molecule has 0 aliphatic rings. The highest BCUT2D eigenvalue weighted by Gasteiger charge is 2.04. The van der Waals surface area contributed by atoms with Crippen molar-refractivity contribution in [2.45, 2.75) is 33.8 Å².